The van der Waals surface area contributed by atoms with E-state index in [1.54, 1.807) is 30.5 Å². The Balaban J connectivity index is 0.000000131. The number of hydrogen-bond donors (Lipinski definition) is 1. The van der Waals surface area contributed by atoms with Crippen molar-refractivity contribution in [3.05, 3.63) is 83.3 Å². The van der Waals surface area contributed by atoms with Crippen molar-refractivity contribution in [1.29, 1.82) is 0 Å². The summed E-state index contributed by atoms with van der Waals surface area (Å²) in [7, 11) is 0. The molecule has 4 heteroatoms. The minimum atomic E-state index is -0.302. The molecule has 0 spiro atoms. The largest absolute Gasteiger partial charge is 0.506 e. The summed E-state index contributed by atoms with van der Waals surface area (Å²) >= 11 is 0. The van der Waals surface area contributed by atoms with Crippen LogP contribution in [0.1, 0.15) is 0 Å². The topological polar surface area (TPSA) is 63.3 Å². The molecule has 0 bridgehead atoms. The fourth-order valence-corrected chi connectivity index (χ4v) is 2.10. The highest BCUT2D eigenvalue weighted by molar-refractivity contribution is 5.83. The summed E-state index contributed by atoms with van der Waals surface area (Å²) in [6.07, 6.45) is 1.67. The summed E-state index contributed by atoms with van der Waals surface area (Å²) in [6, 6.07) is 19.7. The van der Waals surface area contributed by atoms with E-state index in [1.807, 2.05) is 36.4 Å². The summed E-state index contributed by atoms with van der Waals surface area (Å²) in [5.74, 6) is 0.239. The Bertz CT molecular complexity index is 971. The Labute approximate surface area is 126 Å². The number of fused-ring (bicyclic) bond motifs is 2. The number of aromatic hydroxyl groups is 1. The van der Waals surface area contributed by atoms with Crippen molar-refractivity contribution in [1.82, 2.24) is 4.98 Å². The van der Waals surface area contributed by atoms with Gasteiger partial charge in [0, 0.05) is 23.0 Å². The lowest BCUT2D eigenvalue weighted by molar-refractivity contribution is 0.480. The van der Waals surface area contributed by atoms with E-state index >= 15 is 0 Å². The molecule has 0 aliphatic carbocycles. The zero-order valence-corrected chi connectivity index (χ0v) is 11.6. The van der Waals surface area contributed by atoms with E-state index in [9.17, 15) is 9.90 Å². The smallest absolute Gasteiger partial charge is 0.336 e. The van der Waals surface area contributed by atoms with E-state index in [4.69, 9.17) is 4.42 Å². The van der Waals surface area contributed by atoms with Crippen molar-refractivity contribution >= 4 is 21.9 Å². The number of para-hydroxylation sites is 2. The Morgan fingerprint density at radius 3 is 2.45 bits per heavy atom. The predicted octanol–water partition coefficient (Wildman–Crippen LogP) is 3.73. The molecule has 0 saturated heterocycles. The Morgan fingerprint density at radius 2 is 1.59 bits per heavy atom. The summed E-state index contributed by atoms with van der Waals surface area (Å²) in [5, 5.41) is 11.2. The fraction of sp³-hybridized carbons (Fsp3) is 0. The molecule has 0 saturated carbocycles. The first-order valence-electron chi connectivity index (χ1n) is 6.76. The first-order chi connectivity index (χ1) is 10.7. The van der Waals surface area contributed by atoms with Crippen LogP contribution in [0, 0.1) is 0 Å². The second-order valence-corrected chi connectivity index (χ2v) is 4.64. The molecule has 2 aromatic heterocycles. The SMILES string of the molecule is O=c1ccc2ccccc2o1.Oc1cccc2cccnc12. The molecule has 0 unspecified atom stereocenters. The monoisotopic (exact) mass is 291 g/mol. The number of hydrogen-bond acceptors (Lipinski definition) is 4. The molecule has 4 nitrogen and oxygen atoms in total. The summed E-state index contributed by atoms with van der Waals surface area (Å²) in [4.78, 5) is 14.7. The number of rotatable bonds is 0. The molecule has 0 atom stereocenters. The van der Waals surface area contributed by atoms with Crippen LogP contribution in [-0.2, 0) is 0 Å². The molecule has 0 fully saturated rings. The van der Waals surface area contributed by atoms with Crippen molar-refractivity contribution < 1.29 is 9.52 Å². The Hall–Kier alpha value is -3.14. The van der Waals surface area contributed by atoms with Crippen molar-refractivity contribution in [2.24, 2.45) is 0 Å². The molecule has 0 aliphatic rings. The van der Waals surface area contributed by atoms with E-state index < -0.39 is 0 Å². The third-order valence-electron chi connectivity index (χ3n) is 3.14. The van der Waals surface area contributed by atoms with Gasteiger partial charge in [-0.05, 0) is 24.3 Å². The van der Waals surface area contributed by atoms with Gasteiger partial charge in [0.1, 0.15) is 16.8 Å². The van der Waals surface area contributed by atoms with Crippen LogP contribution < -0.4 is 5.63 Å². The van der Waals surface area contributed by atoms with Gasteiger partial charge >= 0.3 is 5.63 Å². The molecule has 2 heterocycles. The fourth-order valence-electron chi connectivity index (χ4n) is 2.10. The normalized spacial score (nSPS) is 10.2. The van der Waals surface area contributed by atoms with Gasteiger partial charge in [-0.25, -0.2) is 4.79 Å². The lowest BCUT2D eigenvalue weighted by Gasteiger charge is -1.96. The maximum Gasteiger partial charge on any atom is 0.336 e. The van der Waals surface area contributed by atoms with Gasteiger partial charge in [-0.15, -0.1) is 0 Å². The third kappa shape index (κ3) is 2.96. The van der Waals surface area contributed by atoms with Crippen LogP contribution in [0.5, 0.6) is 5.75 Å². The lowest BCUT2D eigenvalue weighted by Crippen LogP contribution is -1.93. The van der Waals surface area contributed by atoms with E-state index in [1.165, 1.54) is 6.07 Å². The number of benzene rings is 2. The maximum absolute atomic E-state index is 10.7. The first-order valence-corrected chi connectivity index (χ1v) is 6.76. The number of aromatic nitrogens is 1. The molecule has 1 N–H and O–H groups in total. The van der Waals surface area contributed by atoms with Crippen molar-refractivity contribution in [3.8, 4) is 5.75 Å². The van der Waals surface area contributed by atoms with Crippen molar-refractivity contribution in [2.75, 3.05) is 0 Å². The molecule has 22 heavy (non-hydrogen) atoms. The lowest BCUT2D eigenvalue weighted by atomic mass is 10.2. The molecular weight excluding hydrogens is 278 g/mol. The van der Waals surface area contributed by atoms with Crippen LogP contribution in [0.15, 0.2) is 82.1 Å². The maximum atomic E-state index is 10.7. The summed E-state index contributed by atoms with van der Waals surface area (Å²) in [6.45, 7) is 0. The second-order valence-electron chi connectivity index (χ2n) is 4.64. The molecule has 4 rings (SSSR count). The average molecular weight is 291 g/mol. The summed E-state index contributed by atoms with van der Waals surface area (Å²) in [5.41, 5.74) is 0.999. The van der Waals surface area contributed by atoms with Crippen molar-refractivity contribution in [3.63, 3.8) is 0 Å². The van der Waals surface area contributed by atoms with E-state index in [-0.39, 0.29) is 11.4 Å². The van der Waals surface area contributed by atoms with Gasteiger partial charge in [0.2, 0.25) is 0 Å². The van der Waals surface area contributed by atoms with Crippen LogP contribution in [0.25, 0.3) is 21.9 Å². The quantitative estimate of drug-likeness (QED) is 0.501. The number of phenolic OH excluding ortho intramolecular Hbond substituents is 1. The zero-order valence-electron chi connectivity index (χ0n) is 11.6. The molecule has 0 amide bonds. The van der Waals surface area contributed by atoms with Gasteiger partial charge in [0.25, 0.3) is 0 Å². The molecule has 0 aliphatic heterocycles. The molecule has 108 valence electrons. The highest BCUT2D eigenvalue weighted by Crippen LogP contribution is 2.20. The van der Waals surface area contributed by atoms with Gasteiger partial charge < -0.3 is 9.52 Å². The minimum Gasteiger partial charge on any atom is -0.506 e. The standard InChI is InChI=1S/C9H7NO.C9H6O2/c11-8-5-1-3-7-4-2-6-10-9(7)8;10-9-6-5-7-3-1-2-4-8(7)11-9/h1-6,11H;1-6H. The first kappa shape index (κ1) is 13.8. The number of nitrogens with zero attached hydrogens (tertiary/aromatic N) is 1. The highest BCUT2D eigenvalue weighted by atomic mass is 16.4. The van der Waals surface area contributed by atoms with Gasteiger partial charge in [-0.3, -0.25) is 4.98 Å². The third-order valence-corrected chi connectivity index (χ3v) is 3.14. The van der Waals surface area contributed by atoms with E-state index in [0.29, 0.717) is 11.1 Å². The van der Waals surface area contributed by atoms with Crippen LogP contribution in [0.2, 0.25) is 0 Å². The van der Waals surface area contributed by atoms with Gasteiger partial charge in [0.05, 0.1) is 0 Å². The molecular formula is C18H13NO3. The predicted molar refractivity (Wildman–Crippen MR) is 85.9 cm³/mol. The van der Waals surface area contributed by atoms with E-state index in [2.05, 4.69) is 4.98 Å². The average Bonchev–Trinajstić information content (AvgIpc) is 2.56. The van der Waals surface area contributed by atoms with Crippen LogP contribution in [-0.4, -0.2) is 10.1 Å². The second kappa shape index (κ2) is 6.10. The van der Waals surface area contributed by atoms with Gasteiger partial charge in [-0.1, -0.05) is 36.4 Å². The van der Waals surface area contributed by atoms with Gasteiger partial charge in [-0.2, -0.15) is 0 Å². The van der Waals surface area contributed by atoms with E-state index in [0.717, 1.165) is 10.8 Å². The highest BCUT2D eigenvalue weighted by Gasteiger charge is 1.96. The Morgan fingerprint density at radius 1 is 0.818 bits per heavy atom. The van der Waals surface area contributed by atoms with Gasteiger partial charge in [0.15, 0.2) is 0 Å². The molecule has 4 aromatic rings. The molecule has 2 aromatic carbocycles. The summed E-state index contributed by atoms with van der Waals surface area (Å²) < 4.78 is 4.91. The van der Waals surface area contributed by atoms with Crippen LogP contribution in [0.3, 0.4) is 0 Å². The molecule has 0 radical (unpaired) electrons. The number of pyridine rings is 1. The van der Waals surface area contributed by atoms with Crippen LogP contribution >= 0.6 is 0 Å². The zero-order chi connectivity index (χ0) is 15.4. The Kier molecular flexibility index (Phi) is 3.83. The van der Waals surface area contributed by atoms with Crippen LogP contribution in [0.4, 0.5) is 0 Å². The number of phenols is 1. The van der Waals surface area contributed by atoms with Crippen molar-refractivity contribution in [2.45, 2.75) is 0 Å². The minimum absolute atomic E-state index is 0.239.